The maximum Gasteiger partial charge on any atom is 0.382 e. The van der Waals surface area contributed by atoms with Crippen molar-refractivity contribution in [3.63, 3.8) is 0 Å². The maximum absolute atomic E-state index is 15.4. The van der Waals surface area contributed by atoms with Crippen molar-refractivity contribution in [2.75, 3.05) is 27.3 Å². The van der Waals surface area contributed by atoms with Crippen LogP contribution in [-0.2, 0) is 16.0 Å². The summed E-state index contributed by atoms with van der Waals surface area (Å²) >= 11 is 0. The summed E-state index contributed by atoms with van der Waals surface area (Å²) in [4.78, 5) is 42.7. The number of esters is 1. The third kappa shape index (κ3) is 4.45. The summed E-state index contributed by atoms with van der Waals surface area (Å²) in [6.07, 6.45) is 0.280. The van der Waals surface area contributed by atoms with Crippen LogP contribution in [0.1, 0.15) is 39.4 Å². The van der Waals surface area contributed by atoms with Crippen LogP contribution in [-0.4, -0.2) is 65.7 Å². The molecule has 11 heteroatoms. The van der Waals surface area contributed by atoms with E-state index in [1.165, 1.54) is 30.2 Å². The number of alkyl halides is 1. The van der Waals surface area contributed by atoms with Gasteiger partial charge in [-0.1, -0.05) is 17.3 Å². The van der Waals surface area contributed by atoms with Gasteiger partial charge in [-0.3, -0.25) is 9.59 Å². The highest BCUT2D eigenvalue weighted by atomic mass is 19.1. The smallest absolute Gasteiger partial charge is 0.382 e. The van der Waals surface area contributed by atoms with Crippen molar-refractivity contribution in [1.29, 1.82) is 0 Å². The maximum atomic E-state index is 15.4. The number of hydrogen-bond donors (Lipinski definition) is 0. The van der Waals surface area contributed by atoms with E-state index in [0.29, 0.717) is 5.56 Å². The van der Waals surface area contributed by atoms with Crippen molar-refractivity contribution in [2.24, 2.45) is 0 Å². The first-order valence-corrected chi connectivity index (χ1v) is 10.4. The van der Waals surface area contributed by atoms with Gasteiger partial charge in [0.15, 0.2) is 11.4 Å². The van der Waals surface area contributed by atoms with E-state index in [1.54, 1.807) is 12.1 Å². The number of benzene rings is 1. The number of Topliss-reactive ketones (excluding diaryl/α,β-unsaturated/α-hetero) is 1. The van der Waals surface area contributed by atoms with E-state index in [9.17, 15) is 18.8 Å². The fourth-order valence-corrected chi connectivity index (χ4v) is 3.91. The Bertz CT molecular complexity index is 1250. The monoisotopic (exact) mass is 473 g/mol. The van der Waals surface area contributed by atoms with Crippen LogP contribution in [0.5, 0.6) is 5.75 Å². The lowest BCUT2D eigenvalue weighted by Gasteiger charge is -2.36. The van der Waals surface area contributed by atoms with Crippen LogP contribution >= 0.6 is 0 Å². The van der Waals surface area contributed by atoms with Crippen molar-refractivity contribution in [1.82, 2.24) is 15.0 Å². The molecule has 0 bridgehead atoms. The Hall–Kier alpha value is -3.89. The Morgan fingerprint density at radius 1 is 1.15 bits per heavy atom. The van der Waals surface area contributed by atoms with Gasteiger partial charge in [0.1, 0.15) is 22.5 Å². The molecule has 1 aliphatic heterocycles. The van der Waals surface area contributed by atoms with Crippen LogP contribution in [0.15, 0.2) is 34.9 Å². The zero-order valence-electron chi connectivity index (χ0n) is 18.5. The first-order valence-electron chi connectivity index (χ1n) is 10.4. The molecule has 3 heterocycles. The van der Waals surface area contributed by atoms with Gasteiger partial charge in [0, 0.05) is 25.6 Å². The number of fused-ring (bicyclic) bond motifs is 1. The minimum Gasteiger partial charge on any atom is -0.494 e. The summed E-state index contributed by atoms with van der Waals surface area (Å²) in [5.41, 5.74) is -0.964. The van der Waals surface area contributed by atoms with Crippen LogP contribution in [0.4, 0.5) is 8.78 Å². The summed E-state index contributed by atoms with van der Waals surface area (Å²) < 4.78 is 43.1. The van der Waals surface area contributed by atoms with Gasteiger partial charge < -0.3 is 18.9 Å². The van der Waals surface area contributed by atoms with E-state index in [2.05, 4.69) is 14.9 Å². The van der Waals surface area contributed by atoms with Crippen LogP contribution in [0.3, 0.4) is 0 Å². The van der Waals surface area contributed by atoms with Crippen LogP contribution in [0.2, 0.25) is 0 Å². The lowest BCUT2D eigenvalue weighted by Crippen LogP contribution is -2.45. The molecule has 1 amide bonds. The number of nitrogens with zero attached hydrogens (tertiary/aromatic N) is 3. The first kappa shape index (κ1) is 23.3. The Balaban J connectivity index is 1.55. The summed E-state index contributed by atoms with van der Waals surface area (Å²) in [5, 5.41) is 3.70. The molecule has 2 aromatic heterocycles. The number of hydrogen-bond acceptors (Lipinski definition) is 8. The quantitative estimate of drug-likeness (QED) is 0.305. The topological polar surface area (TPSA) is 112 Å². The molecule has 1 aromatic carbocycles. The van der Waals surface area contributed by atoms with Crippen molar-refractivity contribution >= 4 is 28.7 Å². The Kier molecular flexibility index (Phi) is 6.27. The van der Waals surface area contributed by atoms with E-state index < -0.39 is 29.1 Å². The predicted molar refractivity (Wildman–Crippen MR) is 114 cm³/mol. The minimum atomic E-state index is -1.54. The summed E-state index contributed by atoms with van der Waals surface area (Å²) in [5.74, 6) is -3.55. The minimum absolute atomic E-state index is 0.0834. The molecule has 9 nitrogen and oxygen atoms in total. The number of carbonyl (C=O) groups excluding carboxylic acids is 3. The fraction of sp³-hybridized carbons (Fsp3) is 0.348. The molecule has 0 unspecified atom stereocenters. The molecule has 0 N–H and O–H groups in total. The first-order chi connectivity index (χ1) is 16.2. The van der Waals surface area contributed by atoms with E-state index in [1.807, 2.05) is 0 Å². The molecule has 3 aromatic rings. The summed E-state index contributed by atoms with van der Waals surface area (Å²) in [6.45, 7) is 0.244. The molecule has 0 aliphatic carbocycles. The van der Waals surface area contributed by atoms with Gasteiger partial charge in [0.25, 0.3) is 5.91 Å². The van der Waals surface area contributed by atoms with E-state index >= 15 is 4.39 Å². The lowest BCUT2D eigenvalue weighted by molar-refractivity contribution is -0.135. The molecule has 1 saturated heterocycles. The van der Waals surface area contributed by atoms with Crippen LogP contribution < -0.4 is 4.74 Å². The van der Waals surface area contributed by atoms with Gasteiger partial charge in [-0.05, 0) is 30.5 Å². The molecule has 0 saturated carbocycles. The number of ketones is 1. The number of likely N-dealkylation sites (tertiary alicyclic amines) is 1. The number of pyridine rings is 1. The average molecular weight is 473 g/mol. The van der Waals surface area contributed by atoms with E-state index in [-0.39, 0.29) is 60.6 Å². The van der Waals surface area contributed by atoms with Gasteiger partial charge >= 0.3 is 11.8 Å². The third-order valence-corrected chi connectivity index (χ3v) is 5.80. The molecule has 178 valence electrons. The Labute approximate surface area is 192 Å². The molecule has 0 radical (unpaired) electrons. The average Bonchev–Trinajstić information content (AvgIpc) is 3.26. The fourth-order valence-electron chi connectivity index (χ4n) is 3.91. The van der Waals surface area contributed by atoms with Gasteiger partial charge in [-0.2, -0.15) is 0 Å². The van der Waals surface area contributed by atoms with Crippen molar-refractivity contribution in [2.45, 2.75) is 24.9 Å². The number of piperidine rings is 1. The van der Waals surface area contributed by atoms with Crippen molar-refractivity contribution in [3.8, 4) is 5.75 Å². The number of methoxy groups -OCH3 is 2. The number of aromatic nitrogens is 2. The molecule has 0 atom stereocenters. The highest BCUT2D eigenvalue weighted by Crippen LogP contribution is 2.32. The highest BCUT2D eigenvalue weighted by Gasteiger charge is 2.37. The number of halogens is 2. The Morgan fingerprint density at radius 3 is 2.44 bits per heavy atom. The second kappa shape index (κ2) is 9.16. The molecule has 34 heavy (non-hydrogen) atoms. The molecule has 1 fully saturated rings. The van der Waals surface area contributed by atoms with Gasteiger partial charge in [-0.25, -0.2) is 18.6 Å². The highest BCUT2D eigenvalue weighted by molar-refractivity contribution is 6.41. The van der Waals surface area contributed by atoms with Crippen LogP contribution in [0.25, 0.3) is 11.0 Å². The van der Waals surface area contributed by atoms with E-state index in [4.69, 9.17) is 9.26 Å². The van der Waals surface area contributed by atoms with Crippen molar-refractivity contribution < 1.29 is 37.2 Å². The summed E-state index contributed by atoms with van der Waals surface area (Å²) in [6, 6.07) is 7.03. The molecule has 4 rings (SSSR count). The number of rotatable bonds is 6. The SMILES string of the molecule is COC(=O)C(=O)c1onc2cc(OC)c(C(=O)N3CCC(F)(Cc4ccc(F)cc4)CC3)nc12. The molecular formula is C23H21F2N3O6. The number of ether oxygens (including phenoxy) is 2. The lowest BCUT2D eigenvalue weighted by atomic mass is 9.87. The largest absolute Gasteiger partial charge is 0.494 e. The zero-order valence-corrected chi connectivity index (χ0v) is 18.5. The second-order valence-corrected chi connectivity index (χ2v) is 7.99. The van der Waals surface area contributed by atoms with Crippen molar-refractivity contribution in [3.05, 3.63) is 53.2 Å². The van der Waals surface area contributed by atoms with Gasteiger partial charge in [0.05, 0.1) is 14.2 Å². The molecule has 1 aliphatic rings. The normalized spacial score (nSPS) is 15.2. The Morgan fingerprint density at radius 2 is 1.82 bits per heavy atom. The second-order valence-electron chi connectivity index (χ2n) is 7.99. The third-order valence-electron chi connectivity index (χ3n) is 5.80. The van der Waals surface area contributed by atoms with Gasteiger partial charge in [-0.15, -0.1) is 0 Å². The van der Waals surface area contributed by atoms with Crippen LogP contribution in [0, 0.1) is 5.82 Å². The number of carbonyl (C=O) groups is 3. The summed E-state index contributed by atoms with van der Waals surface area (Å²) in [7, 11) is 2.38. The standard InChI is InChI=1S/C23H21F2N3O6/c1-32-16-11-15-17(20(34-27-15)19(29)22(31)33-2)26-18(16)21(30)28-9-7-23(25,8-10-28)12-13-3-5-14(24)6-4-13/h3-6,11H,7-10,12H2,1-2H3. The predicted octanol–water partition coefficient (Wildman–Crippen LogP) is 2.91. The number of amides is 1. The van der Waals surface area contributed by atoms with E-state index in [0.717, 1.165) is 7.11 Å². The van der Waals surface area contributed by atoms with Gasteiger partial charge in [0.2, 0.25) is 5.76 Å². The zero-order chi connectivity index (χ0) is 24.5. The molecule has 0 spiro atoms. The molecular weight excluding hydrogens is 452 g/mol.